The van der Waals surface area contributed by atoms with Crippen molar-refractivity contribution in [1.29, 1.82) is 0 Å². The largest absolute Gasteiger partial charge is 0.480 e. The second kappa shape index (κ2) is 6.11. The van der Waals surface area contributed by atoms with Crippen LogP contribution in [-0.4, -0.2) is 28.4 Å². The molecule has 4 rings (SSSR count). The Hall–Kier alpha value is -3.48. The summed E-state index contributed by atoms with van der Waals surface area (Å²) in [5, 5.41) is 6.39. The van der Waals surface area contributed by atoms with Crippen LogP contribution in [-0.2, 0) is 4.79 Å². The number of nitrogens with zero attached hydrogens (tertiary/aromatic N) is 2. The van der Waals surface area contributed by atoms with Gasteiger partial charge < -0.3 is 15.4 Å². The Morgan fingerprint density at radius 1 is 1.23 bits per heavy atom. The number of aryl methyl sites for hydroxylation is 2. The van der Waals surface area contributed by atoms with Crippen LogP contribution in [0.2, 0.25) is 0 Å². The van der Waals surface area contributed by atoms with Crippen molar-refractivity contribution in [2.24, 2.45) is 0 Å². The molecule has 0 spiro atoms. The van der Waals surface area contributed by atoms with E-state index in [4.69, 9.17) is 4.74 Å². The molecule has 1 aliphatic rings. The van der Waals surface area contributed by atoms with Gasteiger partial charge in [0, 0.05) is 17.6 Å². The van der Waals surface area contributed by atoms with Crippen LogP contribution in [0.25, 0.3) is 10.9 Å². The highest BCUT2D eigenvalue weighted by atomic mass is 16.5. The van der Waals surface area contributed by atoms with Crippen molar-refractivity contribution in [1.82, 2.24) is 9.97 Å². The molecule has 0 unspecified atom stereocenters. The van der Waals surface area contributed by atoms with E-state index in [0.29, 0.717) is 28.3 Å². The van der Waals surface area contributed by atoms with Crippen LogP contribution >= 0.6 is 0 Å². The summed E-state index contributed by atoms with van der Waals surface area (Å²) in [5.74, 6) is 0.232. The molecule has 26 heavy (non-hydrogen) atoms. The van der Waals surface area contributed by atoms with Gasteiger partial charge in [0.2, 0.25) is 0 Å². The molecule has 0 radical (unpaired) electrons. The van der Waals surface area contributed by atoms with Crippen molar-refractivity contribution in [2.75, 3.05) is 17.2 Å². The van der Waals surface area contributed by atoms with Crippen LogP contribution in [0.5, 0.6) is 5.75 Å². The average molecular weight is 348 g/mol. The molecule has 3 aromatic rings. The number of hydrogen-bond acceptors (Lipinski definition) is 5. The highest BCUT2D eigenvalue weighted by Gasteiger charge is 2.19. The number of fused-ring (bicyclic) bond motifs is 2. The minimum Gasteiger partial charge on any atom is -0.480 e. The first-order valence-corrected chi connectivity index (χ1v) is 8.11. The number of anilines is 2. The normalized spacial score (nSPS) is 12.9. The van der Waals surface area contributed by atoms with E-state index < -0.39 is 0 Å². The Bertz CT molecular complexity index is 1060. The van der Waals surface area contributed by atoms with Crippen LogP contribution in [0.3, 0.4) is 0 Å². The van der Waals surface area contributed by atoms with Gasteiger partial charge in [-0.2, -0.15) is 0 Å². The van der Waals surface area contributed by atoms with E-state index in [0.717, 1.165) is 16.5 Å². The highest BCUT2D eigenvalue weighted by Crippen LogP contribution is 2.29. The summed E-state index contributed by atoms with van der Waals surface area (Å²) in [4.78, 5) is 32.6. The Labute approximate surface area is 149 Å². The average Bonchev–Trinajstić information content (AvgIpc) is 2.62. The number of hydrogen-bond donors (Lipinski definition) is 2. The monoisotopic (exact) mass is 348 g/mol. The maximum atomic E-state index is 12.8. The molecule has 0 fully saturated rings. The predicted molar refractivity (Wildman–Crippen MR) is 97.5 cm³/mol. The summed E-state index contributed by atoms with van der Waals surface area (Å²) >= 11 is 0. The summed E-state index contributed by atoms with van der Waals surface area (Å²) in [6, 6.07) is 7.39. The molecule has 3 heterocycles. The lowest BCUT2D eigenvalue weighted by molar-refractivity contribution is -0.118. The Kier molecular flexibility index (Phi) is 3.76. The SMILES string of the molecule is Cc1cc(C(=O)Nc2cnc3c(c2)OCC(=O)N3)c2nccc(C)c2c1. The van der Waals surface area contributed by atoms with Crippen LogP contribution in [0, 0.1) is 13.8 Å². The maximum Gasteiger partial charge on any atom is 0.263 e. The fraction of sp³-hybridized carbons (Fsp3) is 0.158. The van der Waals surface area contributed by atoms with Gasteiger partial charge >= 0.3 is 0 Å². The molecule has 7 heteroatoms. The summed E-state index contributed by atoms with van der Waals surface area (Å²) in [5.41, 5.74) is 3.67. The smallest absolute Gasteiger partial charge is 0.263 e. The molecule has 1 aromatic carbocycles. The molecular weight excluding hydrogens is 332 g/mol. The first kappa shape index (κ1) is 16.0. The highest BCUT2D eigenvalue weighted by molar-refractivity contribution is 6.12. The fourth-order valence-corrected chi connectivity index (χ4v) is 2.93. The fourth-order valence-electron chi connectivity index (χ4n) is 2.93. The first-order chi connectivity index (χ1) is 12.5. The van der Waals surface area contributed by atoms with Gasteiger partial charge in [-0.25, -0.2) is 4.98 Å². The molecule has 0 saturated carbocycles. The molecule has 1 aliphatic heterocycles. The third-order valence-corrected chi connectivity index (χ3v) is 4.18. The van der Waals surface area contributed by atoms with Gasteiger partial charge in [0.25, 0.3) is 11.8 Å². The van der Waals surface area contributed by atoms with Crippen LogP contribution in [0.1, 0.15) is 21.5 Å². The minimum atomic E-state index is -0.279. The number of nitrogens with one attached hydrogen (secondary N) is 2. The Morgan fingerprint density at radius 2 is 2.08 bits per heavy atom. The maximum absolute atomic E-state index is 12.8. The lowest BCUT2D eigenvalue weighted by atomic mass is 10.0. The van der Waals surface area contributed by atoms with E-state index in [9.17, 15) is 9.59 Å². The lowest BCUT2D eigenvalue weighted by Crippen LogP contribution is -2.26. The molecule has 2 N–H and O–H groups in total. The van der Waals surface area contributed by atoms with Gasteiger partial charge in [0.05, 0.1) is 23.0 Å². The molecule has 0 saturated heterocycles. The van der Waals surface area contributed by atoms with Gasteiger partial charge in [-0.1, -0.05) is 0 Å². The second-order valence-electron chi connectivity index (χ2n) is 6.20. The lowest BCUT2D eigenvalue weighted by Gasteiger charge is -2.17. The van der Waals surface area contributed by atoms with E-state index in [-0.39, 0.29) is 18.4 Å². The standard InChI is InChI=1S/C19H16N4O3/c1-10-5-13-11(2)3-4-20-17(13)14(6-10)19(25)22-12-7-15-18(21-8-12)23-16(24)9-26-15/h3-8H,9H2,1-2H3,(H,22,25)(H,21,23,24). The van der Waals surface area contributed by atoms with Gasteiger partial charge in [0.1, 0.15) is 0 Å². The quantitative estimate of drug-likeness (QED) is 0.743. The zero-order valence-electron chi connectivity index (χ0n) is 14.3. The van der Waals surface area contributed by atoms with E-state index in [1.54, 1.807) is 12.3 Å². The summed E-state index contributed by atoms with van der Waals surface area (Å²) in [6.45, 7) is 3.86. The van der Waals surface area contributed by atoms with E-state index in [2.05, 4.69) is 20.6 Å². The number of aromatic nitrogens is 2. The number of pyridine rings is 2. The molecule has 2 amide bonds. The van der Waals surface area contributed by atoms with Crippen molar-refractivity contribution in [3.63, 3.8) is 0 Å². The van der Waals surface area contributed by atoms with Gasteiger partial charge in [-0.15, -0.1) is 0 Å². The number of benzene rings is 1. The predicted octanol–water partition coefficient (Wildman–Crippen LogP) is 2.83. The molecule has 2 aromatic heterocycles. The summed E-state index contributed by atoms with van der Waals surface area (Å²) < 4.78 is 5.33. The molecular formula is C19H16N4O3. The molecule has 130 valence electrons. The molecule has 0 bridgehead atoms. The zero-order chi connectivity index (χ0) is 18.3. The van der Waals surface area contributed by atoms with Gasteiger partial charge in [-0.3, -0.25) is 14.6 Å². The zero-order valence-corrected chi connectivity index (χ0v) is 14.3. The van der Waals surface area contributed by atoms with Crippen molar-refractivity contribution >= 4 is 34.2 Å². The molecule has 0 aliphatic carbocycles. The summed E-state index contributed by atoms with van der Waals surface area (Å²) in [6.07, 6.45) is 3.17. The van der Waals surface area contributed by atoms with Gasteiger partial charge in [-0.05, 0) is 43.2 Å². The van der Waals surface area contributed by atoms with E-state index in [1.165, 1.54) is 6.20 Å². The van der Waals surface area contributed by atoms with Crippen LogP contribution in [0.15, 0.2) is 36.7 Å². The molecule has 7 nitrogen and oxygen atoms in total. The third kappa shape index (κ3) is 2.83. The number of rotatable bonds is 2. The van der Waals surface area contributed by atoms with Gasteiger partial charge in [0.15, 0.2) is 18.2 Å². The van der Waals surface area contributed by atoms with E-state index in [1.807, 2.05) is 32.0 Å². The topological polar surface area (TPSA) is 93.2 Å². The minimum absolute atomic E-state index is 0.0716. The number of carbonyl (C=O) groups excluding carboxylic acids is 2. The Balaban J connectivity index is 1.68. The van der Waals surface area contributed by atoms with E-state index >= 15 is 0 Å². The van der Waals surface area contributed by atoms with Crippen LogP contribution < -0.4 is 15.4 Å². The summed E-state index contributed by atoms with van der Waals surface area (Å²) in [7, 11) is 0. The number of ether oxygens (including phenoxy) is 1. The third-order valence-electron chi connectivity index (χ3n) is 4.18. The van der Waals surface area contributed by atoms with Crippen molar-refractivity contribution in [2.45, 2.75) is 13.8 Å². The number of amides is 2. The van der Waals surface area contributed by atoms with Crippen LogP contribution in [0.4, 0.5) is 11.5 Å². The number of carbonyl (C=O) groups is 2. The Morgan fingerprint density at radius 3 is 2.92 bits per heavy atom. The van der Waals surface area contributed by atoms with Crippen molar-refractivity contribution in [3.05, 3.63) is 53.3 Å². The first-order valence-electron chi connectivity index (χ1n) is 8.11. The second-order valence-corrected chi connectivity index (χ2v) is 6.20. The van der Waals surface area contributed by atoms with Crippen molar-refractivity contribution in [3.8, 4) is 5.75 Å². The van der Waals surface area contributed by atoms with Crippen molar-refractivity contribution < 1.29 is 14.3 Å². The molecule has 0 atom stereocenters.